The number of halogens is 1. The maximum atomic E-state index is 13.3. The Morgan fingerprint density at radius 2 is 2.17 bits per heavy atom. The van der Waals surface area contributed by atoms with E-state index in [1.165, 1.54) is 6.07 Å². The fraction of sp³-hybridized carbons (Fsp3) is 0.500. The van der Waals surface area contributed by atoms with Gasteiger partial charge in [0.1, 0.15) is 0 Å². The van der Waals surface area contributed by atoms with Crippen LogP contribution in [0.3, 0.4) is 0 Å². The number of nitro groups is 1. The Bertz CT molecular complexity index is 435. The molecule has 0 aliphatic carbocycles. The number of rotatable bonds is 6. The second kappa shape index (κ2) is 5.77. The third kappa shape index (κ3) is 3.96. The monoisotopic (exact) mass is 256 g/mol. The fourth-order valence-corrected chi connectivity index (χ4v) is 1.37. The minimum atomic E-state index is -0.837. The molecule has 0 radical (unpaired) electrons. The van der Waals surface area contributed by atoms with E-state index in [-0.39, 0.29) is 5.60 Å². The van der Waals surface area contributed by atoms with E-state index in [0.717, 1.165) is 18.6 Å². The molecule has 0 saturated carbocycles. The van der Waals surface area contributed by atoms with Crippen LogP contribution in [0.15, 0.2) is 18.2 Å². The highest BCUT2D eigenvalue weighted by atomic mass is 19.1. The molecule has 5 nitrogen and oxygen atoms in total. The first-order chi connectivity index (χ1) is 8.35. The molecule has 0 fully saturated rings. The first kappa shape index (κ1) is 14.4. The molecule has 0 amide bonds. The minimum Gasteiger partial charge on any atom is -0.385 e. The first-order valence-electron chi connectivity index (χ1n) is 5.59. The summed E-state index contributed by atoms with van der Waals surface area (Å²) in [5, 5.41) is 13.4. The lowest BCUT2D eigenvalue weighted by Gasteiger charge is -2.23. The van der Waals surface area contributed by atoms with Crippen LogP contribution in [0, 0.1) is 15.9 Å². The van der Waals surface area contributed by atoms with Gasteiger partial charge in [0.2, 0.25) is 5.82 Å². The number of nitrogens with one attached hydrogen (secondary N) is 1. The maximum absolute atomic E-state index is 13.3. The van der Waals surface area contributed by atoms with E-state index in [9.17, 15) is 14.5 Å². The largest absolute Gasteiger partial charge is 0.385 e. The SMILES string of the molecule is COC(C)(C)CCNc1ccc([N+](=O)[O-])c(F)c1. The van der Waals surface area contributed by atoms with E-state index in [4.69, 9.17) is 4.74 Å². The van der Waals surface area contributed by atoms with Gasteiger partial charge in [-0.2, -0.15) is 4.39 Å². The lowest BCUT2D eigenvalue weighted by atomic mass is 10.1. The average Bonchev–Trinajstić information content (AvgIpc) is 2.28. The molecule has 0 atom stereocenters. The van der Waals surface area contributed by atoms with Crippen molar-refractivity contribution in [1.82, 2.24) is 0 Å². The van der Waals surface area contributed by atoms with Gasteiger partial charge in [-0.05, 0) is 26.3 Å². The van der Waals surface area contributed by atoms with Crippen molar-refractivity contribution in [2.24, 2.45) is 0 Å². The summed E-state index contributed by atoms with van der Waals surface area (Å²) in [6.45, 7) is 4.49. The van der Waals surface area contributed by atoms with E-state index in [1.54, 1.807) is 7.11 Å². The third-order valence-electron chi connectivity index (χ3n) is 2.75. The highest BCUT2D eigenvalue weighted by molar-refractivity contribution is 5.49. The molecule has 0 bridgehead atoms. The molecule has 6 heteroatoms. The van der Waals surface area contributed by atoms with Gasteiger partial charge >= 0.3 is 5.69 Å². The minimum absolute atomic E-state index is 0.258. The topological polar surface area (TPSA) is 64.4 Å². The predicted molar refractivity (Wildman–Crippen MR) is 67.2 cm³/mol. The number of ether oxygens (including phenoxy) is 1. The Balaban J connectivity index is 2.59. The molecular formula is C12H17FN2O3. The second-order valence-corrected chi connectivity index (χ2v) is 4.56. The molecule has 0 aliphatic heterocycles. The zero-order chi connectivity index (χ0) is 13.8. The molecule has 0 saturated heterocycles. The standard InChI is InChI=1S/C12H17FN2O3/c1-12(2,18-3)6-7-14-9-4-5-11(15(16)17)10(13)8-9/h4-5,8,14H,6-7H2,1-3H3. The van der Waals surface area contributed by atoms with Gasteiger partial charge in [-0.3, -0.25) is 10.1 Å². The van der Waals surface area contributed by atoms with Crippen LogP contribution in [0.4, 0.5) is 15.8 Å². The molecule has 0 spiro atoms. The number of benzene rings is 1. The fourth-order valence-electron chi connectivity index (χ4n) is 1.37. The van der Waals surface area contributed by atoms with Crippen molar-refractivity contribution < 1.29 is 14.1 Å². The summed E-state index contributed by atoms with van der Waals surface area (Å²) in [4.78, 5) is 9.70. The molecule has 0 aliphatic rings. The van der Waals surface area contributed by atoms with Gasteiger partial charge in [0.05, 0.1) is 10.5 Å². The van der Waals surface area contributed by atoms with Gasteiger partial charge in [0, 0.05) is 31.5 Å². The van der Waals surface area contributed by atoms with Crippen LogP contribution < -0.4 is 5.32 Å². The summed E-state index contributed by atoms with van der Waals surface area (Å²) in [6.07, 6.45) is 0.738. The highest BCUT2D eigenvalue weighted by Crippen LogP contribution is 2.21. The van der Waals surface area contributed by atoms with Crippen molar-refractivity contribution in [2.45, 2.75) is 25.9 Å². The summed E-state index contributed by atoms with van der Waals surface area (Å²) in [5.74, 6) is -0.837. The molecular weight excluding hydrogens is 239 g/mol. The van der Waals surface area contributed by atoms with Gasteiger partial charge in [0.25, 0.3) is 0 Å². The quantitative estimate of drug-likeness (QED) is 0.627. The molecule has 0 unspecified atom stereocenters. The van der Waals surface area contributed by atoms with Crippen molar-refractivity contribution in [1.29, 1.82) is 0 Å². The highest BCUT2D eigenvalue weighted by Gasteiger charge is 2.16. The molecule has 1 aromatic carbocycles. The third-order valence-corrected chi connectivity index (χ3v) is 2.75. The molecule has 18 heavy (non-hydrogen) atoms. The Kier molecular flexibility index (Phi) is 4.61. The van der Waals surface area contributed by atoms with Crippen LogP contribution in [0.5, 0.6) is 0 Å². The number of methoxy groups -OCH3 is 1. The summed E-state index contributed by atoms with van der Waals surface area (Å²) in [7, 11) is 1.63. The zero-order valence-corrected chi connectivity index (χ0v) is 10.7. The summed E-state index contributed by atoms with van der Waals surface area (Å²) in [6, 6.07) is 3.76. The van der Waals surface area contributed by atoms with E-state index < -0.39 is 16.4 Å². The van der Waals surface area contributed by atoms with E-state index >= 15 is 0 Å². The molecule has 100 valence electrons. The van der Waals surface area contributed by atoms with Gasteiger partial charge in [-0.25, -0.2) is 0 Å². The molecule has 0 aromatic heterocycles. The summed E-state index contributed by atoms with van der Waals surface area (Å²) >= 11 is 0. The zero-order valence-electron chi connectivity index (χ0n) is 10.7. The van der Waals surface area contributed by atoms with E-state index in [1.807, 2.05) is 13.8 Å². The van der Waals surface area contributed by atoms with Crippen molar-refractivity contribution in [3.8, 4) is 0 Å². The first-order valence-corrected chi connectivity index (χ1v) is 5.59. The smallest absolute Gasteiger partial charge is 0.304 e. The van der Waals surface area contributed by atoms with Crippen LogP contribution >= 0.6 is 0 Å². The van der Waals surface area contributed by atoms with Gasteiger partial charge in [0.15, 0.2) is 0 Å². The van der Waals surface area contributed by atoms with Gasteiger partial charge in [-0.15, -0.1) is 0 Å². The average molecular weight is 256 g/mol. The van der Waals surface area contributed by atoms with E-state index in [2.05, 4.69) is 5.32 Å². The van der Waals surface area contributed by atoms with Crippen molar-refractivity contribution >= 4 is 11.4 Å². The van der Waals surface area contributed by atoms with Crippen molar-refractivity contribution in [3.05, 3.63) is 34.1 Å². The predicted octanol–water partition coefficient (Wildman–Crippen LogP) is 2.96. The Labute approximate surface area is 105 Å². The number of hydrogen-bond donors (Lipinski definition) is 1. The Morgan fingerprint density at radius 3 is 2.67 bits per heavy atom. The van der Waals surface area contributed by atoms with Gasteiger partial charge < -0.3 is 10.1 Å². The summed E-state index contributed by atoms with van der Waals surface area (Å²) in [5.41, 5.74) is -0.255. The Morgan fingerprint density at radius 1 is 1.50 bits per heavy atom. The van der Waals surface area contributed by atoms with Crippen molar-refractivity contribution in [3.63, 3.8) is 0 Å². The van der Waals surface area contributed by atoms with Gasteiger partial charge in [-0.1, -0.05) is 0 Å². The number of anilines is 1. The lowest BCUT2D eigenvalue weighted by Crippen LogP contribution is -2.25. The van der Waals surface area contributed by atoms with E-state index in [0.29, 0.717) is 12.2 Å². The number of nitro benzene ring substituents is 1. The van der Waals surface area contributed by atoms with Crippen LogP contribution in [0.2, 0.25) is 0 Å². The second-order valence-electron chi connectivity index (χ2n) is 4.56. The van der Waals surface area contributed by atoms with Crippen LogP contribution in [0.25, 0.3) is 0 Å². The maximum Gasteiger partial charge on any atom is 0.304 e. The Hall–Kier alpha value is -1.69. The summed E-state index contributed by atoms with van der Waals surface area (Å²) < 4.78 is 18.6. The molecule has 1 aromatic rings. The molecule has 1 N–H and O–H groups in total. The lowest BCUT2D eigenvalue weighted by molar-refractivity contribution is -0.387. The number of hydrogen-bond acceptors (Lipinski definition) is 4. The van der Waals surface area contributed by atoms with Crippen LogP contribution in [-0.4, -0.2) is 24.2 Å². The van der Waals surface area contributed by atoms with Crippen molar-refractivity contribution in [2.75, 3.05) is 19.0 Å². The number of nitrogens with zero attached hydrogens (tertiary/aromatic N) is 1. The van der Waals surface area contributed by atoms with Crippen LogP contribution in [-0.2, 0) is 4.74 Å². The normalized spacial score (nSPS) is 11.3. The molecule has 0 heterocycles. The van der Waals surface area contributed by atoms with Crippen LogP contribution in [0.1, 0.15) is 20.3 Å². The molecule has 1 rings (SSSR count).